The summed E-state index contributed by atoms with van der Waals surface area (Å²) in [6.45, 7) is 6.01. The highest BCUT2D eigenvalue weighted by Gasteiger charge is 2.42. The molecule has 2 N–H and O–H groups in total. The van der Waals surface area contributed by atoms with Gasteiger partial charge >= 0.3 is 0 Å². The molecule has 3 aliphatic rings. The summed E-state index contributed by atoms with van der Waals surface area (Å²) in [6, 6.07) is 11.3. The molecule has 1 heterocycles. The van der Waals surface area contributed by atoms with E-state index in [4.69, 9.17) is 5.73 Å². The predicted molar refractivity (Wildman–Crippen MR) is 104 cm³/mol. The molecule has 1 amide bonds. The Labute approximate surface area is 157 Å². The fourth-order valence-electron chi connectivity index (χ4n) is 5.57. The molecule has 4 heteroatoms. The number of carbonyl (C=O) groups is 1. The third-order valence-corrected chi connectivity index (χ3v) is 7.01. The van der Waals surface area contributed by atoms with Gasteiger partial charge in [0.1, 0.15) is 0 Å². The van der Waals surface area contributed by atoms with Crippen LogP contribution in [0.3, 0.4) is 0 Å². The van der Waals surface area contributed by atoms with E-state index >= 15 is 0 Å². The third-order valence-electron chi connectivity index (χ3n) is 7.01. The Morgan fingerprint density at radius 3 is 2.46 bits per heavy atom. The molecular weight excluding hydrogens is 322 g/mol. The first-order valence-corrected chi connectivity index (χ1v) is 10.4. The largest absolute Gasteiger partial charge is 0.337 e. The standard InChI is InChI=1S/C22H33N3O/c1-16-14-24(15-17-6-3-2-4-7-17)10-11-25(16)22(26)20-12-18-8-5-9-19(13-20)21(18)23/h2-4,6-7,16,18-21H,5,8-15,23H2,1H3/t16-,18?,19?,20?,21?/m1/s1. The van der Waals surface area contributed by atoms with E-state index in [1.54, 1.807) is 0 Å². The summed E-state index contributed by atoms with van der Waals surface area (Å²) in [5, 5.41) is 0. The first kappa shape index (κ1) is 18.0. The Hall–Kier alpha value is -1.39. The average molecular weight is 356 g/mol. The van der Waals surface area contributed by atoms with Crippen LogP contribution in [0, 0.1) is 17.8 Å². The van der Waals surface area contributed by atoms with Crippen molar-refractivity contribution in [3.8, 4) is 0 Å². The van der Waals surface area contributed by atoms with E-state index in [2.05, 4.69) is 47.1 Å². The molecule has 0 radical (unpaired) electrons. The van der Waals surface area contributed by atoms with Crippen LogP contribution >= 0.6 is 0 Å². The van der Waals surface area contributed by atoms with Gasteiger partial charge in [-0.25, -0.2) is 0 Å². The number of carbonyl (C=O) groups excluding carboxylic acids is 1. The van der Waals surface area contributed by atoms with Crippen molar-refractivity contribution in [1.82, 2.24) is 9.80 Å². The molecule has 1 saturated heterocycles. The highest BCUT2D eigenvalue weighted by atomic mass is 16.2. The minimum absolute atomic E-state index is 0.216. The number of hydrogen-bond acceptors (Lipinski definition) is 3. The van der Waals surface area contributed by atoms with Crippen LogP contribution in [-0.4, -0.2) is 47.4 Å². The van der Waals surface area contributed by atoms with Crippen LogP contribution in [0.25, 0.3) is 0 Å². The van der Waals surface area contributed by atoms with Gasteiger partial charge in [-0.3, -0.25) is 9.69 Å². The van der Waals surface area contributed by atoms with E-state index in [0.717, 1.165) is 39.0 Å². The Morgan fingerprint density at radius 1 is 1.12 bits per heavy atom. The third kappa shape index (κ3) is 3.67. The maximum absolute atomic E-state index is 13.2. The predicted octanol–water partition coefficient (Wildman–Crippen LogP) is 2.87. The van der Waals surface area contributed by atoms with Gasteiger partial charge < -0.3 is 10.6 Å². The number of rotatable bonds is 3. The number of fused-ring (bicyclic) bond motifs is 2. The van der Waals surface area contributed by atoms with Crippen molar-refractivity contribution in [2.24, 2.45) is 23.5 Å². The zero-order chi connectivity index (χ0) is 18.1. The van der Waals surface area contributed by atoms with Gasteiger partial charge in [0.25, 0.3) is 0 Å². The maximum Gasteiger partial charge on any atom is 0.226 e. The van der Waals surface area contributed by atoms with Crippen molar-refractivity contribution in [2.75, 3.05) is 19.6 Å². The Morgan fingerprint density at radius 2 is 1.81 bits per heavy atom. The minimum atomic E-state index is 0.216. The van der Waals surface area contributed by atoms with Crippen molar-refractivity contribution >= 4 is 5.91 Å². The summed E-state index contributed by atoms with van der Waals surface area (Å²) >= 11 is 0. The van der Waals surface area contributed by atoms with Crippen molar-refractivity contribution < 1.29 is 4.79 Å². The monoisotopic (exact) mass is 355 g/mol. The molecule has 4 nitrogen and oxygen atoms in total. The summed E-state index contributed by atoms with van der Waals surface area (Å²) < 4.78 is 0. The van der Waals surface area contributed by atoms with E-state index in [1.807, 2.05) is 0 Å². The highest BCUT2D eigenvalue weighted by molar-refractivity contribution is 5.79. The second-order valence-corrected chi connectivity index (χ2v) is 8.80. The number of benzene rings is 1. The Kier molecular flexibility index (Phi) is 5.32. The second kappa shape index (κ2) is 7.69. The maximum atomic E-state index is 13.2. The molecule has 0 spiro atoms. The van der Waals surface area contributed by atoms with Gasteiger partial charge in [-0.1, -0.05) is 36.8 Å². The van der Waals surface area contributed by atoms with Gasteiger partial charge in [0.2, 0.25) is 5.91 Å². The summed E-state index contributed by atoms with van der Waals surface area (Å²) in [5.74, 6) is 1.77. The molecular formula is C22H33N3O. The quantitative estimate of drug-likeness (QED) is 0.907. The normalized spacial score (nSPS) is 35.3. The summed E-state index contributed by atoms with van der Waals surface area (Å²) in [4.78, 5) is 17.9. The smallest absolute Gasteiger partial charge is 0.226 e. The van der Waals surface area contributed by atoms with Crippen molar-refractivity contribution in [3.63, 3.8) is 0 Å². The lowest BCUT2D eigenvalue weighted by atomic mass is 9.65. The van der Waals surface area contributed by atoms with Gasteiger partial charge in [-0.2, -0.15) is 0 Å². The second-order valence-electron chi connectivity index (χ2n) is 8.80. The molecule has 1 aromatic rings. The van der Waals surface area contributed by atoms with E-state index < -0.39 is 0 Å². The highest BCUT2D eigenvalue weighted by Crippen LogP contribution is 2.42. The number of nitrogens with two attached hydrogens (primary N) is 1. The van der Waals surface area contributed by atoms with Crippen LogP contribution in [0.4, 0.5) is 0 Å². The van der Waals surface area contributed by atoms with Crippen LogP contribution in [0.2, 0.25) is 0 Å². The van der Waals surface area contributed by atoms with Gasteiger partial charge in [0, 0.05) is 44.2 Å². The van der Waals surface area contributed by atoms with Gasteiger partial charge in [0.15, 0.2) is 0 Å². The first-order chi connectivity index (χ1) is 12.6. The number of amides is 1. The van der Waals surface area contributed by atoms with E-state index in [9.17, 15) is 4.79 Å². The lowest BCUT2D eigenvalue weighted by Gasteiger charge is -2.46. The van der Waals surface area contributed by atoms with E-state index in [-0.39, 0.29) is 5.92 Å². The summed E-state index contributed by atoms with van der Waals surface area (Å²) in [5.41, 5.74) is 7.77. The molecule has 142 valence electrons. The minimum Gasteiger partial charge on any atom is -0.337 e. The van der Waals surface area contributed by atoms with Crippen LogP contribution in [-0.2, 0) is 11.3 Å². The molecule has 2 unspecified atom stereocenters. The Balaban J connectivity index is 1.35. The lowest BCUT2D eigenvalue weighted by molar-refractivity contribution is -0.143. The molecule has 2 saturated carbocycles. The van der Waals surface area contributed by atoms with Gasteiger partial charge in [-0.05, 0) is 50.0 Å². The van der Waals surface area contributed by atoms with Crippen molar-refractivity contribution in [2.45, 2.75) is 57.7 Å². The molecule has 2 bridgehead atoms. The van der Waals surface area contributed by atoms with Crippen molar-refractivity contribution in [1.29, 1.82) is 0 Å². The first-order valence-electron chi connectivity index (χ1n) is 10.4. The van der Waals surface area contributed by atoms with Crippen LogP contribution in [0.15, 0.2) is 30.3 Å². The molecule has 2 aliphatic carbocycles. The zero-order valence-corrected chi connectivity index (χ0v) is 16.0. The lowest BCUT2D eigenvalue weighted by Crippen LogP contribution is -2.57. The zero-order valence-electron chi connectivity index (χ0n) is 16.0. The SMILES string of the molecule is C[C@@H]1CN(Cc2ccccc2)CCN1C(=O)C1CC2CCCC(C1)C2N. The number of hydrogen-bond donors (Lipinski definition) is 1. The molecule has 3 atom stereocenters. The fourth-order valence-corrected chi connectivity index (χ4v) is 5.57. The fraction of sp³-hybridized carbons (Fsp3) is 0.682. The molecule has 0 aromatic heterocycles. The van der Waals surface area contributed by atoms with E-state index in [1.165, 1.54) is 24.8 Å². The van der Waals surface area contributed by atoms with Crippen molar-refractivity contribution in [3.05, 3.63) is 35.9 Å². The Bertz CT molecular complexity index is 605. The number of nitrogens with zero attached hydrogens (tertiary/aromatic N) is 2. The number of piperazine rings is 1. The molecule has 4 rings (SSSR count). The summed E-state index contributed by atoms with van der Waals surface area (Å²) in [6.07, 6.45) is 5.79. The molecule has 1 aromatic carbocycles. The van der Waals surface area contributed by atoms with Crippen LogP contribution < -0.4 is 5.73 Å². The van der Waals surface area contributed by atoms with Crippen LogP contribution in [0.5, 0.6) is 0 Å². The molecule has 1 aliphatic heterocycles. The summed E-state index contributed by atoms with van der Waals surface area (Å²) in [7, 11) is 0. The van der Waals surface area contributed by atoms with Gasteiger partial charge in [-0.15, -0.1) is 0 Å². The van der Waals surface area contributed by atoms with Gasteiger partial charge in [0.05, 0.1) is 0 Å². The van der Waals surface area contributed by atoms with Crippen LogP contribution in [0.1, 0.15) is 44.6 Å². The average Bonchev–Trinajstić information content (AvgIpc) is 2.62. The molecule has 3 fully saturated rings. The topological polar surface area (TPSA) is 49.6 Å². The molecule has 26 heavy (non-hydrogen) atoms. The van der Waals surface area contributed by atoms with E-state index in [0.29, 0.717) is 29.8 Å².